The van der Waals surface area contributed by atoms with E-state index in [-0.39, 0.29) is 31.1 Å². The first-order valence-corrected chi connectivity index (χ1v) is 28.0. The van der Waals surface area contributed by atoms with E-state index in [0.29, 0.717) is 25.7 Å². The summed E-state index contributed by atoms with van der Waals surface area (Å²) in [4.78, 5) is 38.1. The minimum atomic E-state index is -0.815. The van der Waals surface area contributed by atoms with Crippen LogP contribution in [-0.2, 0) is 28.6 Å². The normalized spacial score (nSPS) is 13.0. The standard InChI is InChI=1S/C63H102O6/c1-4-7-10-13-16-19-22-25-28-30-31-33-35-38-41-44-47-50-53-56-62(65)68-59-60(58-67-61(64)55-52-49-46-43-40-37-34-27-24-21-18-15-12-9-6-3)69-63(66)57-54-51-48-45-42-39-36-32-29-26-23-20-17-14-11-8-5-2/h7,9-10,12,16,18-19,21,25-29,31,33-34,38,40-41,43,60H,4-6,8,11,13-15,17,20,22-24,30,32,35-37,39,42,44-59H2,1-3H3/b10-7-,12-9-,19-16-,21-18-,28-25-,29-26-,33-31-,34-27-,41-38-,43-40-/t60-/m0/s1. The van der Waals surface area contributed by atoms with Gasteiger partial charge in [-0.05, 0) is 128 Å². The van der Waals surface area contributed by atoms with Gasteiger partial charge in [-0.1, -0.05) is 213 Å². The average molecular weight is 956 g/mol. The third kappa shape index (κ3) is 54.6. The third-order valence-electron chi connectivity index (χ3n) is 11.4. The number of carbonyl (C=O) groups excluding carboxylic acids is 3. The highest BCUT2D eigenvalue weighted by molar-refractivity contribution is 5.71. The molecule has 0 bridgehead atoms. The zero-order valence-corrected chi connectivity index (χ0v) is 44.5. The highest BCUT2D eigenvalue weighted by Crippen LogP contribution is 2.13. The van der Waals surface area contributed by atoms with Crippen molar-refractivity contribution in [2.45, 2.75) is 245 Å². The number of hydrogen-bond acceptors (Lipinski definition) is 6. The van der Waals surface area contributed by atoms with Crippen LogP contribution in [0.1, 0.15) is 239 Å². The van der Waals surface area contributed by atoms with Gasteiger partial charge >= 0.3 is 17.9 Å². The summed E-state index contributed by atoms with van der Waals surface area (Å²) >= 11 is 0. The second kappa shape index (κ2) is 56.4. The number of hydrogen-bond donors (Lipinski definition) is 0. The minimum Gasteiger partial charge on any atom is -0.462 e. The average Bonchev–Trinajstić information content (AvgIpc) is 3.35. The number of rotatable bonds is 49. The van der Waals surface area contributed by atoms with Gasteiger partial charge in [0.2, 0.25) is 0 Å². The van der Waals surface area contributed by atoms with Crippen LogP contribution < -0.4 is 0 Å². The fraction of sp³-hybridized carbons (Fsp3) is 0.635. The Labute approximate surface area is 424 Å². The van der Waals surface area contributed by atoms with Crippen LogP contribution in [0.2, 0.25) is 0 Å². The Balaban J connectivity index is 4.53. The molecule has 0 spiro atoms. The molecule has 0 fully saturated rings. The predicted molar refractivity (Wildman–Crippen MR) is 297 cm³/mol. The molecule has 0 heterocycles. The third-order valence-corrected chi connectivity index (χ3v) is 11.4. The van der Waals surface area contributed by atoms with Crippen molar-refractivity contribution in [2.75, 3.05) is 13.2 Å². The lowest BCUT2D eigenvalue weighted by Crippen LogP contribution is -2.30. The Hall–Kier alpha value is -4.19. The summed E-state index contributed by atoms with van der Waals surface area (Å²) in [6.45, 7) is 6.33. The van der Waals surface area contributed by atoms with Crippen molar-refractivity contribution < 1.29 is 28.6 Å². The van der Waals surface area contributed by atoms with Crippen LogP contribution in [0.5, 0.6) is 0 Å². The zero-order valence-electron chi connectivity index (χ0n) is 44.5. The predicted octanol–water partition coefficient (Wildman–Crippen LogP) is 18.9. The topological polar surface area (TPSA) is 78.9 Å². The van der Waals surface area contributed by atoms with E-state index in [4.69, 9.17) is 14.2 Å². The molecule has 0 amide bonds. The van der Waals surface area contributed by atoms with Crippen LogP contribution in [0.4, 0.5) is 0 Å². The van der Waals surface area contributed by atoms with E-state index >= 15 is 0 Å². The smallest absolute Gasteiger partial charge is 0.306 e. The molecule has 0 aromatic heterocycles. The molecular weight excluding hydrogens is 853 g/mol. The van der Waals surface area contributed by atoms with Gasteiger partial charge in [0.1, 0.15) is 13.2 Å². The van der Waals surface area contributed by atoms with E-state index in [1.54, 1.807) is 0 Å². The highest BCUT2D eigenvalue weighted by atomic mass is 16.6. The van der Waals surface area contributed by atoms with Gasteiger partial charge in [-0.3, -0.25) is 14.4 Å². The first-order chi connectivity index (χ1) is 34.0. The highest BCUT2D eigenvalue weighted by Gasteiger charge is 2.19. The lowest BCUT2D eigenvalue weighted by Gasteiger charge is -2.18. The number of unbranched alkanes of at least 4 members (excludes halogenated alkanes) is 18. The molecule has 0 aliphatic rings. The fourth-order valence-electron chi connectivity index (χ4n) is 7.28. The van der Waals surface area contributed by atoms with Gasteiger partial charge in [0.25, 0.3) is 0 Å². The largest absolute Gasteiger partial charge is 0.462 e. The van der Waals surface area contributed by atoms with Crippen LogP contribution in [-0.4, -0.2) is 37.2 Å². The maximum atomic E-state index is 12.9. The molecule has 0 N–H and O–H groups in total. The summed E-state index contributed by atoms with van der Waals surface area (Å²) in [7, 11) is 0. The lowest BCUT2D eigenvalue weighted by molar-refractivity contribution is -0.167. The molecule has 0 saturated heterocycles. The van der Waals surface area contributed by atoms with Gasteiger partial charge in [-0.25, -0.2) is 0 Å². The van der Waals surface area contributed by atoms with Crippen LogP contribution in [0.3, 0.4) is 0 Å². The molecule has 0 radical (unpaired) electrons. The van der Waals surface area contributed by atoms with E-state index in [0.717, 1.165) is 116 Å². The molecule has 1 atom stereocenters. The summed E-state index contributed by atoms with van der Waals surface area (Å²) in [5.41, 5.74) is 0. The van der Waals surface area contributed by atoms with E-state index < -0.39 is 6.10 Å². The van der Waals surface area contributed by atoms with Crippen LogP contribution in [0, 0.1) is 0 Å². The maximum Gasteiger partial charge on any atom is 0.306 e. The van der Waals surface area contributed by atoms with Crippen molar-refractivity contribution in [3.05, 3.63) is 122 Å². The van der Waals surface area contributed by atoms with Crippen molar-refractivity contribution in [1.29, 1.82) is 0 Å². The number of esters is 3. The summed E-state index contributed by atoms with van der Waals surface area (Å²) in [5, 5.41) is 0. The molecular formula is C63H102O6. The van der Waals surface area contributed by atoms with Crippen LogP contribution in [0.15, 0.2) is 122 Å². The number of ether oxygens (including phenoxy) is 3. The van der Waals surface area contributed by atoms with Gasteiger partial charge in [0.05, 0.1) is 0 Å². The summed E-state index contributed by atoms with van der Waals surface area (Å²) < 4.78 is 16.8. The Kier molecular flexibility index (Phi) is 53.0. The van der Waals surface area contributed by atoms with Gasteiger partial charge in [0, 0.05) is 19.3 Å². The van der Waals surface area contributed by atoms with Crippen molar-refractivity contribution >= 4 is 17.9 Å². The van der Waals surface area contributed by atoms with Crippen LogP contribution in [0.25, 0.3) is 0 Å². The summed E-state index contributed by atoms with van der Waals surface area (Å²) in [5.74, 6) is -0.991. The van der Waals surface area contributed by atoms with E-state index in [1.807, 2.05) is 0 Å². The molecule has 6 heteroatoms. The molecule has 0 unspecified atom stereocenters. The monoisotopic (exact) mass is 955 g/mol. The fourth-order valence-corrected chi connectivity index (χ4v) is 7.28. The van der Waals surface area contributed by atoms with Gasteiger partial charge in [-0.2, -0.15) is 0 Å². The number of allylic oxidation sites excluding steroid dienone is 20. The first kappa shape index (κ1) is 64.8. The molecule has 69 heavy (non-hydrogen) atoms. The first-order valence-electron chi connectivity index (χ1n) is 28.0. The summed E-state index contributed by atoms with van der Waals surface area (Å²) in [6.07, 6.45) is 77.6. The van der Waals surface area contributed by atoms with Crippen LogP contribution >= 0.6 is 0 Å². The second-order valence-electron chi connectivity index (χ2n) is 18.1. The van der Waals surface area contributed by atoms with Crippen molar-refractivity contribution in [2.24, 2.45) is 0 Å². The SMILES string of the molecule is CC/C=C\C/C=C\C/C=C\C/C=C\C/C=C\CCCCCC(=O)OC[C@H](COC(=O)CCCC/C=C\C/C=C\C/C=C\C/C=C\CC)OC(=O)CCCCCCCCC/C=C\CCCCCCCC. The van der Waals surface area contributed by atoms with Crippen molar-refractivity contribution in [3.8, 4) is 0 Å². The van der Waals surface area contributed by atoms with Crippen molar-refractivity contribution in [3.63, 3.8) is 0 Å². The van der Waals surface area contributed by atoms with Gasteiger partial charge in [-0.15, -0.1) is 0 Å². The molecule has 390 valence electrons. The van der Waals surface area contributed by atoms with Gasteiger partial charge in [0.15, 0.2) is 6.10 Å². The second-order valence-corrected chi connectivity index (χ2v) is 18.1. The van der Waals surface area contributed by atoms with E-state index in [1.165, 1.54) is 77.0 Å². The van der Waals surface area contributed by atoms with Crippen molar-refractivity contribution in [1.82, 2.24) is 0 Å². The Morgan fingerprint density at radius 3 is 0.942 bits per heavy atom. The van der Waals surface area contributed by atoms with E-state index in [9.17, 15) is 14.4 Å². The maximum absolute atomic E-state index is 12.9. The zero-order chi connectivity index (χ0) is 50.0. The molecule has 0 aliphatic heterocycles. The Bertz CT molecular complexity index is 1470. The Morgan fingerprint density at radius 1 is 0.304 bits per heavy atom. The molecule has 0 aromatic rings. The minimum absolute atomic E-state index is 0.113. The molecule has 0 aromatic carbocycles. The molecule has 6 nitrogen and oxygen atoms in total. The van der Waals surface area contributed by atoms with Gasteiger partial charge < -0.3 is 14.2 Å². The Morgan fingerprint density at radius 2 is 0.565 bits per heavy atom. The molecule has 0 aliphatic carbocycles. The molecule has 0 saturated carbocycles. The number of carbonyl (C=O) groups is 3. The molecule has 0 rings (SSSR count). The van der Waals surface area contributed by atoms with E-state index in [2.05, 4.69) is 142 Å². The lowest BCUT2D eigenvalue weighted by atomic mass is 10.1. The summed E-state index contributed by atoms with van der Waals surface area (Å²) in [6, 6.07) is 0. The quantitative estimate of drug-likeness (QED) is 0.0262.